The van der Waals surface area contributed by atoms with Gasteiger partial charge >= 0.3 is 0 Å². The van der Waals surface area contributed by atoms with E-state index in [4.69, 9.17) is 20.2 Å². The number of ketones is 1. The van der Waals surface area contributed by atoms with Crippen LogP contribution in [0.1, 0.15) is 47.7 Å². The Kier molecular flexibility index (Phi) is 6.67. The number of hydrogen-bond acceptors (Lipinski definition) is 9. The molecule has 40 heavy (non-hydrogen) atoms. The molecule has 2 fully saturated rings. The van der Waals surface area contributed by atoms with Gasteiger partial charge in [0, 0.05) is 54.8 Å². The lowest BCUT2D eigenvalue weighted by atomic mass is 9.85. The minimum atomic E-state index is -0.437. The summed E-state index contributed by atoms with van der Waals surface area (Å²) in [6, 6.07) is 8.92. The monoisotopic (exact) mass is 541 g/mol. The second-order valence-electron chi connectivity index (χ2n) is 10.7. The quantitative estimate of drug-likeness (QED) is 0.350. The third kappa shape index (κ3) is 4.66. The van der Waals surface area contributed by atoms with Crippen molar-refractivity contribution in [1.82, 2.24) is 29.2 Å². The lowest BCUT2D eigenvalue weighted by Gasteiger charge is -2.42. The lowest BCUT2D eigenvalue weighted by Crippen LogP contribution is -2.55. The number of nitrogen functional groups attached to an aromatic ring is 1. The topological polar surface area (TPSA) is 138 Å². The van der Waals surface area contributed by atoms with Gasteiger partial charge < -0.3 is 20.1 Å². The number of fused-ring (bicyclic) bond motifs is 1. The van der Waals surface area contributed by atoms with E-state index in [1.807, 2.05) is 34.6 Å². The van der Waals surface area contributed by atoms with Crippen LogP contribution in [-0.2, 0) is 16.0 Å². The average Bonchev–Trinajstić information content (AvgIpc) is 3.37. The predicted octanol–water partition coefficient (Wildman–Crippen LogP) is 2.95. The summed E-state index contributed by atoms with van der Waals surface area (Å²) in [7, 11) is 1.52. The van der Waals surface area contributed by atoms with Crippen molar-refractivity contribution in [2.75, 3.05) is 39.1 Å². The molecule has 2 N–H and O–H groups in total. The number of ether oxygens (including phenoxy) is 2. The van der Waals surface area contributed by atoms with Gasteiger partial charge in [0.25, 0.3) is 0 Å². The first-order chi connectivity index (χ1) is 19.4. The Morgan fingerprint density at radius 3 is 2.65 bits per heavy atom. The SMILES string of the molecule is COc1ccnc(CC(=O)c2ccc(-c3nc([C@@H]4CCCN(C(=O)C5(C)COC5)C4)n4ccnc(N)c34)cc2)n1. The molecule has 0 unspecified atom stereocenters. The van der Waals surface area contributed by atoms with Gasteiger partial charge in [-0.05, 0) is 19.8 Å². The molecule has 1 atom stereocenters. The first-order valence-corrected chi connectivity index (χ1v) is 13.4. The molecular weight excluding hydrogens is 510 g/mol. The van der Waals surface area contributed by atoms with Crippen molar-refractivity contribution >= 4 is 23.0 Å². The molecule has 206 valence electrons. The number of benzene rings is 1. The Hall–Kier alpha value is -4.38. The first-order valence-electron chi connectivity index (χ1n) is 13.4. The predicted molar refractivity (Wildman–Crippen MR) is 147 cm³/mol. The van der Waals surface area contributed by atoms with Crippen LogP contribution in [0.25, 0.3) is 16.8 Å². The van der Waals surface area contributed by atoms with Gasteiger partial charge in [0.15, 0.2) is 5.78 Å². The Balaban J connectivity index is 1.27. The summed E-state index contributed by atoms with van der Waals surface area (Å²) < 4.78 is 12.4. The summed E-state index contributed by atoms with van der Waals surface area (Å²) in [5.74, 6) is 2.12. The van der Waals surface area contributed by atoms with Crippen molar-refractivity contribution < 1.29 is 19.1 Å². The lowest BCUT2D eigenvalue weighted by molar-refractivity contribution is -0.169. The van der Waals surface area contributed by atoms with E-state index in [0.717, 1.165) is 30.8 Å². The number of carbonyl (C=O) groups excluding carboxylic acids is 2. The molecule has 0 aliphatic carbocycles. The summed E-state index contributed by atoms with van der Waals surface area (Å²) in [6.45, 7) is 4.24. The fraction of sp³-hybridized carbons (Fsp3) is 0.379. The fourth-order valence-corrected chi connectivity index (χ4v) is 5.50. The van der Waals surface area contributed by atoms with Gasteiger partial charge in [0.1, 0.15) is 28.7 Å². The zero-order chi connectivity index (χ0) is 27.9. The Labute approximate surface area is 231 Å². The van der Waals surface area contributed by atoms with Crippen LogP contribution in [0.5, 0.6) is 5.88 Å². The fourth-order valence-electron chi connectivity index (χ4n) is 5.50. The largest absolute Gasteiger partial charge is 0.481 e. The number of likely N-dealkylation sites (tertiary alicyclic amines) is 1. The Bertz CT molecular complexity index is 1580. The maximum absolute atomic E-state index is 13.2. The molecule has 2 aliphatic heterocycles. The number of piperidine rings is 1. The van der Waals surface area contributed by atoms with Crippen molar-refractivity contribution in [2.24, 2.45) is 5.41 Å². The molecule has 0 spiro atoms. The molecule has 5 heterocycles. The standard InChI is InChI=1S/C29H31N7O4/c1-29(16-40-17-29)28(38)35-12-3-4-20(15-35)27-34-24(25-26(30)32-11-13-36(25)27)19-7-5-18(6-8-19)21(37)14-22-31-10-9-23(33-22)39-2/h5-11,13,20H,3-4,12,14-17H2,1-2H3,(H2,30,32)/t20-/m1/s1. The molecule has 4 aromatic rings. The number of nitrogens with two attached hydrogens (primary N) is 1. The third-order valence-electron chi connectivity index (χ3n) is 7.73. The van der Waals surface area contributed by atoms with E-state index in [0.29, 0.717) is 54.1 Å². The highest BCUT2D eigenvalue weighted by Gasteiger charge is 2.44. The van der Waals surface area contributed by atoms with Crippen LogP contribution < -0.4 is 10.5 Å². The number of nitrogens with zero attached hydrogens (tertiary/aromatic N) is 6. The minimum absolute atomic E-state index is 0.0501. The molecule has 11 heteroatoms. The molecule has 2 saturated heterocycles. The van der Waals surface area contributed by atoms with E-state index >= 15 is 0 Å². The van der Waals surface area contributed by atoms with Crippen molar-refractivity contribution in [3.63, 3.8) is 0 Å². The van der Waals surface area contributed by atoms with E-state index in [9.17, 15) is 9.59 Å². The van der Waals surface area contributed by atoms with Gasteiger partial charge in [0.2, 0.25) is 11.8 Å². The molecule has 1 aromatic carbocycles. The summed E-state index contributed by atoms with van der Waals surface area (Å²) in [6.07, 6.45) is 6.97. The number of methoxy groups -OCH3 is 1. The highest BCUT2D eigenvalue weighted by Crippen LogP contribution is 2.36. The summed E-state index contributed by atoms with van der Waals surface area (Å²) in [5.41, 5.74) is 8.68. The number of amides is 1. The van der Waals surface area contributed by atoms with Crippen LogP contribution in [0.15, 0.2) is 48.9 Å². The van der Waals surface area contributed by atoms with E-state index in [2.05, 4.69) is 15.0 Å². The number of aromatic nitrogens is 5. The number of anilines is 1. The molecule has 0 radical (unpaired) electrons. The second-order valence-corrected chi connectivity index (χ2v) is 10.7. The Morgan fingerprint density at radius 1 is 1.12 bits per heavy atom. The van der Waals surface area contributed by atoms with Crippen LogP contribution in [0.2, 0.25) is 0 Å². The van der Waals surface area contributed by atoms with Gasteiger partial charge in [-0.25, -0.2) is 15.0 Å². The normalized spacial score (nSPS) is 18.4. The van der Waals surface area contributed by atoms with Crippen molar-refractivity contribution in [3.05, 3.63) is 66.1 Å². The Morgan fingerprint density at radius 2 is 1.93 bits per heavy atom. The summed E-state index contributed by atoms with van der Waals surface area (Å²) in [4.78, 5) is 45.8. The molecule has 11 nitrogen and oxygen atoms in total. The van der Waals surface area contributed by atoms with Crippen LogP contribution >= 0.6 is 0 Å². The first kappa shape index (κ1) is 25.9. The molecular formula is C29H31N7O4. The molecule has 0 bridgehead atoms. The highest BCUT2D eigenvalue weighted by molar-refractivity contribution is 5.98. The molecule has 0 saturated carbocycles. The molecule has 6 rings (SSSR count). The maximum Gasteiger partial charge on any atom is 0.233 e. The van der Waals surface area contributed by atoms with Gasteiger partial charge in [-0.1, -0.05) is 24.3 Å². The van der Waals surface area contributed by atoms with Gasteiger partial charge in [-0.15, -0.1) is 0 Å². The smallest absolute Gasteiger partial charge is 0.233 e. The van der Waals surface area contributed by atoms with Gasteiger partial charge in [-0.2, -0.15) is 4.98 Å². The van der Waals surface area contributed by atoms with Crippen LogP contribution in [0.3, 0.4) is 0 Å². The molecule has 2 aliphatic rings. The van der Waals surface area contributed by atoms with Crippen molar-refractivity contribution in [3.8, 4) is 17.1 Å². The minimum Gasteiger partial charge on any atom is -0.481 e. The van der Waals surface area contributed by atoms with Crippen LogP contribution in [-0.4, -0.2) is 74.3 Å². The number of Topliss-reactive ketones (excluding diaryl/α,β-unsaturated/α-hetero) is 1. The molecule has 1 amide bonds. The molecule has 3 aromatic heterocycles. The zero-order valence-corrected chi connectivity index (χ0v) is 22.5. The third-order valence-corrected chi connectivity index (χ3v) is 7.73. The summed E-state index contributed by atoms with van der Waals surface area (Å²) >= 11 is 0. The number of rotatable bonds is 7. The van der Waals surface area contributed by atoms with E-state index in [-0.39, 0.29) is 24.0 Å². The zero-order valence-electron chi connectivity index (χ0n) is 22.5. The van der Waals surface area contributed by atoms with E-state index in [1.165, 1.54) is 7.11 Å². The van der Waals surface area contributed by atoms with Crippen molar-refractivity contribution in [2.45, 2.75) is 32.1 Å². The van der Waals surface area contributed by atoms with E-state index in [1.54, 1.807) is 30.6 Å². The van der Waals surface area contributed by atoms with Crippen molar-refractivity contribution in [1.29, 1.82) is 0 Å². The second kappa shape index (κ2) is 10.3. The van der Waals surface area contributed by atoms with Gasteiger partial charge in [0.05, 0.1) is 32.2 Å². The van der Waals surface area contributed by atoms with E-state index < -0.39 is 5.41 Å². The number of imidazole rings is 1. The average molecular weight is 542 g/mol. The number of carbonyl (C=O) groups is 2. The highest BCUT2D eigenvalue weighted by atomic mass is 16.5. The van der Waals surface area contributed by atoms with Crippen LogP contribution in [0.4, 0.5) is 5.82 Å². The van der Waals surface area contributed by atoms with Gasteiger partial charge in [-0.3, -0.25) is 14.0 Å². The van der Waals surface area contributed by atoms with Crippen LogP contribution in [0, 0.1) is 5.41 Å². The maximum atomic E-state index is 13.2. The number of hydrogen-bond donors (Lipinski definition) is 1. The summed E-state index contributed by atoms with van der Waals surface area (Å²) in [5, 5.41) is 0.